The minimum atomic E-state index is -0.373. The van der Waals surface area contributed by atoms with Crippen LogP contribution in [0.4, 0.5) is 4.39 Å². The van der Waals surface area contributed by atoms with Gasteiger partial charge in [-0.15, -0.1) is 0 Å². The summed E-state index contributed by atoms with van der Waals surface area (Å²) in [7, 11) is 4.02. The second-order valence-electron chi connectivity index (χ2n) is 2.46. The largest absolute Gasteiger partial charge is 0.379 e. The average molecular weight is 149 g/mol. The minimum Gasteiger partial charge on any atom is -0.379 e. The molecule has 0 aromatic rings. The highest BCUT2D eigenvalue weighted by Gasteiger charge is 1.90. The van der Waals surface area contributed by atoms with Gasteiger partial charge < -0.3 is 9.64 Å². The second-order valence-corrected chi connectivity index (χ2v) is 2.46. The molecule has 0 aliphatic heterocycles. The number of hydrogen-bond acceptors (Lipinski definition) is 2. The summed E-state index contributed by atoms with van der Waals surface area (Å²) in [5, 5.41) is 0. The molecule has 10 heavy (non-hydrogen) atoms. The highest BCUT2D eigenvalue weighted by molar-refractivity contribution is 4.42. The Morgan fingerprint density at radius 2 is 2.00 bits per heavy atom. The van der Waals surface area contributed by atoms with Gasteiger partial charge in [-0.05, 0) is 27.1 Å². The Balaban J connectivity index is 2.77. The van der Waals surface area contributed by atoms with Gasteiger partial charge in [-0.2, -0.15) is 0 Å². The molecule has 0 atom stereocenters. The molecule has 62 valence electrons. The quantitative estimate of drug-likeness (QED) is 0.521. The molecule has 0 fully saturated rings. The van der Waals surface area contributed by atoms with E-state index in [0.717, 1.165) is 13.0 Å². The first-order chi connectivity index (χ1) is 4.77. The molecule has 0 aliphatic carbocycles. The van der Waals surface area contributed by atoms with Crippen molar-refractivity contribution in [2.75, 3.05) is 40.5 Å². The molecule has 0 saturated heterocycles. The van der Waals surface area contributed by atoms with Crippen molar-refractivity contribution in [3.05, 3.63) is 0 Å². The maximum Gasteiger partial charge on any atom is 0.113 e. The number of ether oxygens (including phenoxy) is 1. The normalized spacial score (nSPS) is 10.8. The molecule has 0 spiro atoms. The molecule has 0 aromatic carbocycles. The van der Waals surface area contributed by atoms with Gasteiger partial charge in [-0.1, -0.05) is 0 Å². The third-order valence-electron chi connectivity index (χ3n) is 1.12. The van der Waals surface area contributed by atoms with Crippen LogP contribution in [0.25, 0.3) is 0 Å². The highest BCUT2D eigenvalue weighted by Crippen LogP contribution is 1.85. The number of nitrogens with zero attached hydrogens (tertiary/aromatic N) is 1. The van der Waals surface area contributed by atoms with E-state index >= 15 is 0 Å². The Hall–Kier alpha value is -0.150. The molecule has 0 saturated carbocycles. The molecule has 2 nitrogen and oxygen atoms in total. The Morgan fingerprint density at radius 1 is 1.30 bits per heavy atom. The van der Waals surface area contributed by atoms with Gasteiger partial charge in [0.2, 0.25) is 0 Å². The smallest absolute Gasteiger partial charge is 0.113 e. The Bertz CT molecular complexity index is 68.6. The molecule has 0 N–H and O–H groups in total. The first-order valence-electron chi connectivity index (χ1n) is 3.56. The van der Waals surface area contributed by atoms with Gasteiger partial charge in [0.05, 0.1) is 6.61 Å². The van der Waals surface area contributed by atoms with E-state index in [0.29, 0.717) is 6.61 Å². The van der Waals surface area contributed by atoms with E-state index < -0.39 is 0 Å². The van der Waals surface area contributed by atoms with Gasteiger partial charge in [0.25, 0.3) is 0 Å². The summed E-state index contributed by atoms with van der Waals surface area (Å²) in [6, 6.07) is 0. The van der Waals surface area contributed by atoms with E-state index in [2.05, 4.69) is 4.90 Å². The lowest BCUT2D eigenvalue weighted by atomic mass is 10.4. The van der Waals surface area contributed by atoms with E-state index in [4.69, 9.17) is 4.74 Å². The number of halogens is 1. The van der Waals surface area contributed by atoms with Crippen molar-refractivity contribution in [2.45, 2.75) is 6.42 Å². The first kappa shape index (κ1) is 9.85. The summed E-state index contributed by atoms with van der Waals surface area (Å²) >= 11 is 0. The van der Waals surface area contributed by atoms with Crippen LogP contribution >= 0.6 is 0 Å². The molecule has 0 unspecified atom stereocenters. The molecule has 0 aromatic heterocycles. The van der Waals surface area contributed by atoms with Gasteiger partial charge in [-0.25, -0.2) is 4.39 Å². The maximum atomic E-state index is 11.4. The third-order valence-corrected chi connectivity index (χ3v) is 1.12. The third kappa shape index (κ3) is 7.85. The second kappa shape index (κ2) is 6.96. The zero-order valence-corrected chi connectivity index (χ0v) is 6.77. The van der Waals surface area contributed by atoms with Crippen LogP contribution in [0.5, 0.6) is 0 Å². The minimum absolute atomic E-state index is 0.243. The summed E-state index contributed by atoms with van der Waals surface area (Å²) in [5.74, 6) is 0. The summed E-state index contributed by atoms with van der Waals surface area (Å²) in [6.45, 7) is 1.55. The van der Waals surface area contributed by atoms with Crippen LogP contribution in [-0.2, 0) is 4.74 Å². The number of alkyl halides is 1. The van der Waals surface area contributed by atoms with E-state index in [1.165, 1.54) is 0 Å². The lowest BCUT2D eigenvalue weighted by Crippen LogP contribution is -2.15. The molecule has 0 rings (SSSR count). The van der Waals surface area contributed by atoms with E-state index in [-0.39, 0.29) is 13.3 Å². The Kier molecular flexibility index (Phi) is 6.86. The standard InChI is InChI=1S/C7H16FNO/c1-9(2)5-3-6-10-7-4-8/h3-7H2,1-2H3. The number of rotatable bonds is 6. The fraction of sp³-hybridized carbons (Fsp3) is 1.00. The molecule has 0 bridgehead atoms. The molecular formula is C7H16FNO. The fourth-order valence-electron chi connectivity index (χ4n) is 0.639. The van der Waals surface area contributed by atoms with Crippen molar-refractivity contribution < 1.29 is 9.13 Å². The maximum absolute atomic E-state index is 11.4. The Morgan fingerprint density at radius 3 is 2.50 bits per heavy atom. The van der Waals surface area contributed by atoms with Crippen LogP contribution in [-0.4, -0.2) is 45.4 Å². The van der Waals surface area contributed by atoms with Gasteiger partial charge in [0, 0.05) is 6.61 Å². The summed E-state index contributed by atoms with van der Waals surface area (Å²) in [6.07, 6.45) is 0.979. The molecular weight excluding hydrogens is 133 g/mol. The molecule has 0 heterocycles. The summed E-state index contributed by atoms with van der Waals surface area (Å²) in [5.41, 5.74) is 0. The highest BCUT2D eigenvalue weighted by atomic mass is 19.1. The van der Waals surface area contributed by atoms with Crippen LogP contribution in [0.1, 0.15) is 6.42 Å². The number of hydrogen-bond donors (Lipinski definition) is 0. The van der Waals surface area contributed by atoms with Crippen LogP contribution in [0.3, 0.4) is 0 Å². The lowest BCUT2D eigenvalue weighted by Gasteiger charge is -2.08. The van der Waals surface area contributed by atoms with Gasteiger partial charge in [-0.3, -0.25) is 0 Å². The van der Waals surface area contributed by atoms with Crippen molar-refractivity contribution in [1.29, 1.82) is 0 Å². The average Bonchev–Trinajstić information content (AvgIpc) is 1.87. The predicted octanol–water partition coefficient (Wildman–Crippen LogP) is 0.924. The van der Waals surface area contributed by atoms with Crippen molar-refractivity contribution in [3.8, 4) is 0 Å². The summed E-state index contributed by atoms with van der Waals surface area (Å²) < 4.78 is 16.4. The molecule has 0 aliphatic rings. The van der Waals surface area contributed by atoms with Crippen LogP contribution in [0.15, 0.2) is 0 Å². The van der Waals surface area contributed by atoms with Gasteiger partial charge in [0.15, 0.2) is 0 Å². The van der Waals surface area contributed by atoms with Crippen LogP contribution in [0, 0.1) is 0 Å². The molecule has 3 heteroatoms. The van der Waals surface area contributed by atoms with Crippen LogP contribution < -0.4 is 0 Å². The van der Waals surface area contributed by atoms with Gasteiger partial charge in [0.1, 0.15) is 6.67 Å². The van der Waals surface area contributed by atoms with Crippen LogP contribution in [0.2, 0.25) is 0 Å². The van der Waals surface area contributed by atoms with Crippen molar-refractivity contribution in [1.82, 2.24) is 4.90 Å². The zero-order chi connectivity index (χ0) is 7.82. The molecule has 0 radical (unpaired) electrons. The predicted molar refractivity (Wildman–Crippen MR) is 40.0 cm³/mol. The monoisotopic (exact) mass is 149 g/mol. The Labute approximate surface area is 62.0 Å². The van der Waals surface area contributed by atoms with Crippen molar-refractivity contribution in [3.63, 3.8) is 0 Å². The fourth-order valence-corrected chi connectivity index (χ4v) is 0.639. The van der Waals surface area contributed by atoms with Crippen molar-refractivity contribution >= 4 is 0 Å². The summed E-state index contributed by atoms with van der Waals surface area (Å²) in [4.78, 5) is 2.08. The lowest BCUT2D eigenvalue weighted by molar-refractivity contribution is 0.112. The first-order valence-corrected chi connectivity index (χ1v) is 3.56. The van der Waals surface area contributed by atoms with Gasteiger partial charge >= 0.3 is 0 Å². The van der Waals surface area contributed by atoms with E-state index in [9.17, 15) is 4.39 Å². The topological polar surface area (TPSA) is 12.5 Å². The van der Waals surface area contributed by atoms with E-state index in [1.807, 2.05) is 14.1 Å². The zero-order valence-electron chi connectivity index (χ0n) is 6.77. The SMILES string of the molecule is CN(C)CCCOCCF. The van der Waals surface area contributed by atoms with Crippen molar-refractivity contribution in [2.24, 2.45) is 0 Å². The molecule has 0 amide bonds. The van der Waals surface area contributed by atoms with E-state index in [1.54, 1.807) is 0 Å².